The largest absolute Gasteiger partial charge is 0.497 e. The summed E-state index contributed by atoms with van der Waals surface area (Å²) < 4.78 is 11.9. The molecule has 2 amide bonds. The number of benzene rings is 2. The third-order valence-corrected chi connectivity index (χ3v) is 4.34. The Morgan fingerprint density at radius 1 is 1.07 bits per heavy atom. The van der Waals surface area contributed by atoms with Gasteiger partial charge in [0.1, 0.15) is 5.75 Å². The summed E-state index contributed by atoms with van der Waals surface area (Å²) in [7, 11) is 3.06. The summed E-state index contributed by atoms with van der Waals surface area (Å²) in [5.41, 5.74) is 1.57. The molecule has 1 atom stereocenters. The lowest BCUT2D eigenvalue weighted by molar-refractivity contribution is -0.131. The Kier molecular flexibility index (Phi) is 7.12. The van der Waals surface area contributed by atoms with Crippen molar-refractivity contribution in [2.75, 3.05) is 26.1 Å². The first-order chi connectivity index (χ1) is 14.6. The second-order valence-corrected chi connectivity index (χ2v) is 6.37. The summed E-state index contributed by atoms with van der Waals surface area (Å²) in [4.78, 5) is 24.7. The number of anilines is 1. The maximum atomic E-state index is 12.4. The Hall–Kier alpha value is -3.72. The van der Waals surface area contributed by atoms with Crippen LogP contribution in [0.25, 0.3) is 0 Å². The predicted molar refractivity (Wildman–Crippen MR) is 110 cm³/mol. The van der Waals surface area contributed by atoms with Gasteiger partial charge in [0.2, 0.25) is 0 Å². The molecule has 0 spiro atoms. The lowest BCUT2D eigenvalue weighted by Crippen LogP contribution is -2.32. The van der Waals surface area contributed by atoms with E-state index in [1.807, 2.05) is 30.3 Å². The summed E-state index contributed by atoms with van der Waals surface area (Å²) in [6.45, 7) is 0.675. The molecule has 9 nitrogen and oxygen atoms in total. The number of nitrogens with one attached hydrogen (secondary N) is 2. The molecule has 0 aliphatic carbocycles. The van der Waals surface area contributed by atoms with Gasteiger partial charge in [-0.1, -0.05) is 35.5 Å². The van der Waals surface area contributed by atoms with Crippen LogP contribution in [0.15, 0.2) is 60.8 Å². The van der Waals surface area contributed by atoms with Gasteiger partial charge >= 0.3 is 0 Å². The number of rotatable bonds is 9. The van der Waals surface area contributed by atoms with E-state index in [0.29, 0.717) is 24.5 Å². The highest BCUT2D eigenvalue weighted by atomic mass is 16.5. The van der Waals surface area contributed by atoms with Crippen molar-refractivity contribution in [1.82, 2.24) is 20.3 Å². The minimum atomic E-state index is -0.687. The molecular weight excluding hydrogens is 386 g/mol. The van der Waals surface area contributed by atoms with Crippen LogP contribution in [-0.2, 0) is 16.1 Å². The number of amides is 2. The van der Waals surface area contributed by atoms with E-state index in [2.05, 4.69) is 20.9 Å². The summed E-state index contributed by atoms with van der Waals surface area (Å²) in [6.07, 6.45) is 0.837. The fraction of sp³-hybridized carbons (Fsp3) is 0.238. The number of hydrogen-bond acceptors (Lipinski definition) is 6. The number of hydrogen-bond donors (Lipinski definition) is 2. The van der Waals surface area contributed by atoms with Crippen LogP contribution >= 0.6 is 0 Å². The van der Waals surface area contributed by atoms with E-state index in [0.717, 1.165) is 5.56 Å². The van der Waals surface area contributed by atoms with E-state index in [1.165, 1.54) is 18.0 Å². The zero-order valence-corrected chi connectivity index (χ0v) is 16.7. The van der Waals surface area contributed by atoms with Crippen LogP contribution in [0.5, 0.6) is 5.75 Å². The average molecular weight is 409 g/mol. The van der Waals surface area contributed by atoms with Crippen molar-refractivity contribution >= 4 is 17.5 Å². The number of ether oxygens (including phenoxy) is 2. The molecule has 156 valence electrons. The van der Waals surface area contributed by atoms with Crippen molar-refractivity contribution in [1.29, 1.82) is 0 Å². The van der Waals surface area contributed by atoms with Crippen LogP contribution in [0.3, 0.4) is 0 Å². The van der Waals surface area contributed by atoms with Gasteiger partial charge < -0.3 is 20.1 Å². The lowest BCUT2D eigenvalue weighted by atomic mass is 10.1. The summed E-state index contributed by atoms with van der Waals surface area (Å²) >= 11 is 0. The van der Waals surface area contributed by atoms with Gasteiger partial charge in [0.15, 0.2) is 11.8 Å². The van der Waals surface area contributed by atoms with E-state index in [4.69, 9.17) is 9.47 Å². The molecule has 0 saturated heterocycles. The number of nitrogens with zero attached hydrogens (tertiary/aromatic N) is 3. The first-order valence-electron chi connectivity index (χ1n) is 9.31. The second kappa shape index (κ2) is 10.2. The highest BCUT2D eigenvalue weighted by molar-refractivity contribution is 6.02. The minimum Gasteiger partial charge on any atom is -0.497 e. The van der Waals surface area contributed by atoms with E-state index in [-0.39, 0.29) is 17.5 Å². The van der Waals surface area contributed by atoms with Crippen molar-refractivity contribution < 1.29 is 19.1 Å². The maximum absolute atomic E-state index is 12.4. The molecule has 30 heavy (non-hydrogen) atoms. The van der Waals surface area contributed by atoms with E-state index < -0.39 is 6.10 Å². The van der Waals surface area contributed by atoms with Crippen LogP contribution < -0.4 is 15.4 Å². The number of aromatic nitrogens is 3. The molecule has 1 heterocycles. The normalized spacial score (nSPS) is 11.5. The van der Waals surface area contributed by atoms with E-state index in [1.54, 1.807) is 31.4 Å². The molecule has 0 unspecified atom stereocenters. The van der Waals surface area contributed by atoms with Crippen molar-refractivity contribution in [3.8, 4) is 5.75 Å². The smallest absolute Gasteiger partial charge is 0.277 e. The molecule has 2 N–H and O–H groups in total. The molecule has 9 heteroatoms. The molecule has 1 aromatic heterocycles. The molecule has 0 fully saturated rings. The molecular formula is C21H23N5O4. The number of carbonyl (C=O) groups excluding carboxylic acids is 2. The minimum absolute atomic E-state index is 0.177. The molecule has 0 aliphatic rings. The Morgan fingerprint density at radius 3 is 2.47 bits per heavy atom. The first-order valence-corrected chi connectivity index (χ1v) is 9.31. The van der Waals surface area contributed by atoms with Gasteiger partial charge in [-0.15, -0.1) is 5.10 Å². The SMILES string of the molecule is COc1ccc(NC(=O)c2cn(CCNC(=O)[C@H](OC)c3ccccc3)nn2)cc1. The second-order valence-electron chi connectivity index (χ2n) is 6.37. The molecule has 3 aromatic rings. The number of methoxy groups -OCH3 is 2. The lowest BCUT2D eigenvalue weighted by Gasteiger charge is -2.15. The van der Waals surface area contributed by atoms with Crippen molar-refractivity contribution in [2.45, 2.75) is 12.6 Å². The molecule has 0 saturated carbocycles. The molecule has 3 rings (SSSR count). The van der Waals surface area contributed by atoms with Crippen LogP contribution in [0, 0.1) is 0 Å². The molecule has 2 aromatic carbocycles. The van der Waals surface area contributed by atoms with Gasteiger partial charge in [-0.2, -0.15) is 0 Å². The zero-order chi connectivity index (χ0) is 21.3. The molecule has 0 bridgehead atoms. The fourth-order valence-electron chi connectivity index (χ4n) is 2.79. The molecule has 0 radical (unpaired) electrons. The van der Waals surface area contributed by atoms with E-state index in [9.17, 15) is 9.59 Å². The zero-order valence-electron chi connectivity index (χ0n) is 16.7. The topological polar surface area (TPSA) is 107 Å². The standard InChI is InChI=1S/C21H23N5O4/c1-29-17-10-8-16(9-11-17)23-20(27)18-14-26(25-24-18)13-12-22-21(28)19(30-2)15-6-4-3-5-7-15/h3-11,14,19H,12-13H2,1-2H3,(H,22,28)(H,23,27)/t19-/m1/s1. The van der Waals surface area contributed by atoms with Gasteiger partial charge in [-0.25, -0.2) is 4.68 Å². The number of carbonyl (C=O) groups is 2. The van der Waals surface area contributed by atoms with Crippen molar-refractivity contribution in [3.63, 3.8) is 0 Å². The van der Waals surface area contributed by atoms with Crippen LogP contribution in [0.1, 0.15) is 22.2 Å². The van der Waals surface area contributed by atoms with Crippen molar-refractivity contribution in [2.24, 2.45) is 0 Å². The Morgan fingerprint density at radius 2 is 1.80 bits per heavy atom. The first kappa shape index (κ1) is 21.0. The highest BCUT2D eigenvalue weighted by Crippen LogP contribution is 2.16. The van der Waals surface area contributed by atoms with Gasteiger partial charge in [-0.3, -0.25) is 9.59 Å². The summed E-state index contributed by atoms with van der Waals surface area (Å²) in [5, 5.41) is 13.4. The quantitative estimate of drug-likeness (QED) is 0.560. The Labute approximate surface area is 174 Å². The van der Waals surface area contributed by atoms with Gasteiger partial charge in [0.05, 0.1) is 19.9 Å². The highest BCUT2D eigenvalue weighted by Gasteiger charge is 2.19. The van der Waals surface area contributed by atoms with Gasteiger partial charge in [0, 0.05) is 19.3 Å². The van der Waals surface area contributed by atoms with Gasteiger partial charge in [-0.05, 0) is 29.8 Å². The Balaban J connectivity index is 1.50. The predicted octanol–water partition coefficient (Wildman–Crippen LogP) is 2.04. The summed E-state index contributed by atoms with van der Waals surface area (Å²) in [6, 6.07) is 16.2. The monoisotopic (exact) mass is 409 g/mol. The van der Waals surface area contributed by atoms with Crippen LogP contribution in [0.2, 0.25) is 0 Å². The fourth-order valence-corrected chi connectivity index (χ4v) is 2.79. The van der Waals surface area contributed by atoms with Crippen LogP contribution in [0.4, 0.5) is 5.69 Å². The van der Waals surface area contributed by atoms with E-state index >= 15 is 0 Å². The molecule has 0 aliphatic heterocycles. The summed E-state index contributed by atoms with van der Waals surface area (Å²) in [5.74, 6) is 0.0734. The third kappa shape index (κ3) is 5.42. The average Bonchev–Trinajstić information content (AvgIpc) is 3.25. The van der Waals surface area contributed by atoms with Crippen molar-refractivity contribution in [3.05, 3.63) is 72.1 Å². The Bertz CT molecular complexity index is 973. The third-order valence-electron chi connectivity index (χ3n) is 4.34. The maximum Gasteiger partial charge on any atom is 0.277 e. The van der Waals surface area contributed by atoms with Gasteiger partial charge in [0.25, 0.3) is 11.8 Å². The van der Waals surface area contributed by atoms with Crippen LogP contribution in [-0.4, -0.2) is 47.6 Å².